The maximum absolute atomic E-state index is 12.5. The summed E-state index contributed by atoms with van der Waals surface area (Å²) in [6, 6.07) is 13.1. The predicted octanol–water partition coefficient (Wildman–Crippen LogP) is 4.55. The van der Waals surface area contributed by atoms with E-state index in [0.717, 1.165) is 16.8 Å². The number of aliphatic imine (C=N–C) groups is 1. The van der Waals surface area contributed by atoms with Crippen LogP contribution < -0.4 is 5.32 Å². The Labute approximate surface area is 167 Å². The lowest BCUT2D eigenvalue weighted by Crippen LogP contribution is -2.30. The van der Waals surface area contributed by atoms with Crippen LogP contribution in [0, 0.1) is 13.8 Å². The Balaban J connectivity index is 1.68. The van der Waals surface area contributed by atoms with Crippen molar-refractivity contribution in [3.05, 3.63) is 58.6 Å². The second kappa shape index (κ2) is 8.15. The van der Waals surface area contributed by atoms with E-state index in [2.05, 4.69) is 10.3 Å². The van der Waals surface area contributed by atoms with Crippen molar-refractivity contribution in [1.82, 2.24) is 4.90 Å². The van der Waals surface area contributed by atoms with Crippen LogP contribution in [0.5, 0.6) is 0 Å². The van der Waals surface area contributed by atoms with Gasteiger partial charge in [0.25, 0.3) is 0 Å². The molecule has 1 heterocycles. The van der Waals surface area contributed by atoms with E-state index in [0.29, 0.717) is 15.9 Å². The molecule has 27 heavy (non-hydrogen) atoms. The first-order valence-electron chi connectivity index (χ1n) is 8.49. The molecular weight excluding hydrogens is 382 g/mol. The van der Waals surface area contributed by atoms with Gasteiger partial charge in [-0.25, -0.2) is 4.99 Å². The fourth-order valence-electron chi connectivity index (χ4n) is 2.64. The van der Waals surface area contributed by atoms with Crippen LogP contribution in [0.4, 0.5) is 11.4 Å². The SMILES string of the molecule is Cc1ccc(NC(=O)C[C@H]2SC(=Nc3ccccc3C)N(C)C2=O)cc1Cl. The topological polar surface area (TPSA) is 61.8 Å². The normalized spacial score (nSPS) is 18.2. The molecular formula is C20H20ClN3O2S. The van der Waals surface area contributed by atoms with Crippen molar-refractivity contribution in [1.29, 1.82) is 0 Å². The first-order chi connectivity index (χ1) is 12.8. The van der Waals surface area contributed by atoms with Gasteiger partial charge >= 0.3 is 0 Å². The Hall–Kier alpha value is -2.31. The summed E-state index contributed by atoms with van der Waals surface area (Å²) in [6.07, 6.45) is 0.0755. The number of hydrogen-bond donors (Lipinski definition) is 1. The Morgan fingerprint density at radius 1 is 1.22 bits per heavy atom. The van der Waals surface area contributed by atoms with E-state index in [1.54, 1.807) is 19.2 Å². The standard InChI is InChI=1S/C20H20ClN3O2S/c1-12-8-9-14(10-15(12)21)22-18(25)11-17-19(26)24(3)20(27-17)23-16-7-5-4-6-13(16)2/h4-10,17H,11H2,1-3H3,(H,22,25)/t17-/m1/s1. The summed E-state index contributed by atoms with van der Waals surface area (Å²) in [7, 11) is 1.68. The zero-order chi connectivity index (χ0) is 19.6. The van der Waals surface area contributed by atoms with Gasteiger partial charge in [0.05, 0.1) is 5.69 Å². The van der Waals surface area contributed by atoms with Crippen LogP contribution in [0.15, 0.2) is 47.5 Å². The number of thioether (sulfide) groups is 1. The minimum atomic E-state index is -0.487. The molecule has 140 valence electrons. The molecule has 1 fully saturated rings. The predicted molar refractivity (Wildman–Crippen MR) is 112 cm³/mol. The highest BCUT2D eigenvalue weighted by atomic mass is 35.5. The number of aryl methyl sites for hydroxylation is 2. The maximum atomic E-state index is 12.5. The molecule has 0 bridgehead atoms. The number of hydrogen-bond acceptors (Lipinski definition) is 4. The molecule has 2 aromatic rings. The van der Waals surface area contributed by atoms with Gasteiger partial charge in [-0.1, -0.05) is 47.6 Å². The van der Waals surface area contributed by atoms with E-state index in [1.165, 1.54) is 16.7 Å². The lowest BCUT2D eigenvalue weighted by molar-refractivity contribution is -0.127. The second-order valence-electron chi connectivity index (χ2n) is 6.40. The van der Waals surface area contributed by atoms with Gasteiger partial charge in [-0.2, -0.15) is 0 Å². The summed E-state index contributed by atoms with van der Waals surface area (Å²) in [5.74, 6) is -0.351. The first kappa shape index (κ1) is 19.5. The average molecular weight is 402 g/mol. The van der Waals surface area contributed by atoms with Crippen LogP contribution in [0.25, 0.3) is 0 Å². The summed E-state index contributed by atoms with van der Waals surface area (Å²) in [6.45, 7) is 3.87. The molecule has 1 N–H and O–H groups in total. The third-order valence-electron chi connectivity index (χ3n) is 4.30. The van der Waals surface area contributed by atoms with Crippen molar-refractivity contribution in [2.45, 2.75) is 25.5 Å². The molecule has 1 aliphatic rings. The maximum Gasteiger partial charge on any atom is 0.242 e. The summed E-state index contributed by atoms with van der Waals surface area (Å²) in [4.78, 5) is 31.0. The minimum Gasteiger partial charge on any atom is -0.326 e. The monoisotopic (exact) mass is 401 g/mol. The largest absolute Gasteiger partial charge is 0.326 e. The van der Waals surface area contributed by atoms with Crippen LogP contribution in [0.3, 0.4) is 0 Å². The Bertz CT molecular complexity index is 929. The van der Waals surface area contributed by atoms with Gasteiger partial charge in [0.1, 0.15) is 5.25 Å². The van der Waals surface area contributed by atoms with E-state index >= 15 is 0 Å². The van der Waals surface area contributed by atoms with Crippen LogP contribution in [-0.2, 0) is 9.59 Å². The van der Waals surface area contributed by atoms with Gasteiger partial charge in [0, 0.05) is 24.2 Å². The highest BCUT2D eigenvalue weighted by molar-refractivity contribution is 8.15. The van der Waals surface area contributed by atoms with Crippen molar-refractivity contribution >= 4 is 51.7 Å². The molecule has 1 saturated heterocycles. The van der Waals surface area contributed by atoms with Crippen LogP contribution in [0.2, 0.25) is 5.02 Å². The van der Waals surface area contributed by atoms with E-state index in [-0.39, 0.29) is 18.2 Å². The van der Waals surface area contributed by atoms with Gasteiger partial charge in [-0.3, -0.25) is 14.5 Å². The quantitative estimate of drug-likeness (QED) is 0.817. The van der Waals surface area contributed by atoms with E-state index in [9.17, 15) is 9.59 Å². The molecule has 0 unspecified atom stereocenters. The third kappa shape index (κ3) is 4.51. The molecule has 0 saturated carbocycles. The molecule has 0 aliphatic carbocycles. The van der Waals surface area contributed by atoms with Crippen molar-refractivity contribution < 1.29 is 9.59 Å². The lowest BCUT2D eigenvalue weighted by Gasteiger charge is -2.10. The number of carbonyl (C=O) groups excluding carboxylic acids is 2. The molecule has 2 amide bonds. The number of halogens is 1. The minimum absolute atomic E-state index is 0.0755. The molecule has 0 aromatic heterocycles. The van der Waals surface area contributed by atoms with Crippen LogP contribution in [-0.4, -0.2) is 34.2 Å². The molecule has 2 aromatic carbocycles. The number of benzene rings is 2. The number of carbonyl (C=O) groups is 2. The van der Waals surface area contributed by atoms with Crippen molar-refractivity contribution in [2.24, 2.45) is 4.99 Å². The third-order valence-corrected chi connectivity index (χ3v) is 5.93. The molecule has 3 rings (SSSR count). The number of rotatable bonds is 4. The van der Waals surface area contributed by atoms with Crippen molar-refractivity contribution in [3.8, 4) is 0 Å². The summed E-state index contributed by atoms with van der Waals surface area (Å²) in [5, 5.41) is 3.50. The van der Waals surface area contributed by atoms with Crippen LogP contribution in [0.1, 0.15) is 17.5 Å². The Kier molecular flexibility index (Phi) is 5.87. The first-order valence-corrected chi connectivity index (χ1v) is 9.75. The molecule has 1 aliphatic heterocycles. The highest BCUT2D eigenvalue weighted by Gasteiger charge is 2.37. The average Bonchev–Trinajstić information content (AvgIpc) is 2.88. The summed E-state index contributed by atoms with van der Waals surface area (Å²) in [5.41, 5.74) is 3.41. The lowest BCUT2D eigenvalue weighted by atomic mass is 10.2. The second-order valence-corrected chi connectivity index (χ2v) is 7.98. The summed E-state index contributed by atoms with van der Waals surface area (Å²) < 4.78 is 0. The van der Waals surface area contributed by atoms with Gasteiger partial charge < -0.3 is 5.32 Å². The number of para-hydroxylation sites is 1. The molecule has 0 spiro atoms. The number of nitrogens with one attached hydrogen (secondary N) is 1. The number of anilines is 1. The smallest absolute Gasteiger partial charge is 0.242 e. The highest BCUT2D eigenvalue weighted by Crippen LogP contribution is 2.31. The van der Waals surface area contributed by atoms with Gasteiger partial charge in [-0.15, -0.1) is 0 Å². The Morgan fingerprint density at radius 3 is 2.67 bits per heavy atom. The van der Waals surface area contributed by atoms with Gasteiger partial charge in [0.15, 0.2) is 5.17 Å². The molecule has 7 heteroatoms. The van der Waals surface area contributed by atoms with Crippen LogP contribution >= 0.6 is 23.4 Å². The fraction of sp³-hybridized carbons (Fsp3) is 0.250. The number of nitrogens with zero attached hydrogens (tertiary/aromatic N) is 2. The number of amides is 2. The fourth-order valence-corrected chi connectivity index (χ4v) is 3.97. The van der Waals surface area contributed by atoms with Crippen molar-refractivity contribution in [2.75, 3.05) is 12.4 Å². The van der Waals surface area contributed by atoms with E-state index in [1.807, 2.05) is 44.2 Å². The zero-order valence-electron chi connectivity index (χ0n) is 15.3. The zero-order valence-corrected chi connectivity index (χ0v) is 16.9. The molecule has 5 nitrogen and oxygen atoms in total. The Morgan fingerprint density at radius 2 is 1.96 bits per heavy atom. The molecule has 0 radical (unpaired) electrons. The van der Waals surface area contributed by atoms with E-state index in [4.69, 9.17) is 11.6 Å². The summed E-state index contributed by atoms with van der Waals surface area (Å²) >= 11 is 7.40. The van der Waals surface area contributed by atoms with E-state index < -0.39 is 5.25 Å². The van der Waals surface area contributed by atoms with Gasteiger partial charge in [0.2, 0.25) is 11.8 Å². The molecule has 1 atom stereocenters. The van der Waals surface area contributed by atoms with Gasteiger partial charge in [-0.05, 0) is 43.2 Å². The van der Waals surface area contributed by atoms with Crippen molar-refractivity contribution in [3.63, 3.8) is 0 Å². The number of amidine groups is 1.